The van der Waals surface area contributed by atoms with Crippen LogP contribution in [0.15, 0.2) is 102 Å². The Hall–Kier alpha value is -4.25. The molecule has 0 radical (unpaired) electrons. The minimum Gasteiger partial charge on any atom is -0.497 e. The molecule has 254 valence electrons. The molecule has 1 atom stereocenters. The van der Waals surface area contributed by atoms with Crippen molar-refractivity contribution in [2.45, 2.75) is 43.7 Å². The summed E-state index contributed by atoms with van der Waals surface area (Å²) in [4.78, 5) is 29.9. The van der Waals surface area contributed by atoms with Crippen molar-refractivity contribution in [1.82, 2.24) is 10.2 Å². The molecule has 0 aliphatic heterocycles. The fourth-order valence-electron chi connectivity index (χ4n) is 5.14. The van der Waals surface area contributed by atoms with Crippen LogP contribution < -0.4 is 19.1 Å². The van der Waals surface area contributed by atoms with Gasteiger partial charge in [-0.05, 0) is 60.5 Å². The molecule has 0 heterocycles. The number of ether oxygens (including phenoxy) is 2. The van der Waals surface area contributed by atoms with Crippen LogP contribution in [0, 0.1) is 0 Å². The number of hydrogen-bond acceptors (Lipinski definition) is 6. The molecule has 4 aromatic carbocycles. The van der Waals surface area contributed by atoms with Crippen LogP contribution in [-0.2, 0) is 32.6 Å². The van der Waals surface area contributed by atoms with Gasteiger partial charge in [-0.1, -0.05) is 85.1 Å². The molecule has 0 aliphatic carbocycles. The summed E-state index contributed by atoms with van der Waals surface area (Å²) in [7, 11) is -1.46. The van der Waals surface area contributed by atoms with E-state index in [1.54, 1.807) is 42.5 Å². The number of hydrogen-bond donors (Lipinski definition) is 1. The Morgan fingerprint density at radius 1 is 0.833 bits per heavy atom. The van der Waals surface area contributed by atoms with Gasteiger partial charge < -0.3 is 19.7 Å². The maximum atomic E-state index is 14.7. The molecule has 1 N–H and O–H groups in total. The number of halogens is 2. The first-order valence-corrected chi connectivity index (χ1v) is 17.6. The summed E-state index contributed by atoms with van der Waals surface area (Å²) in [5.41, 5.74) is 1.38. The summed E-state index contributed by atoms with van der Waals surface area (Å²) in [6.07, 6.45) is 1.76. The number of amides is 2. The van der Waals surface area contributed by atoms with Gasteiger partial charge in [0, 0.05) is 35.1 Å². The molecule has 0 saturated carbocycles. The molecule has 4 rings (SSSR count). The number of sulfonamides is 1. The van der Waals surface area contributed by atoms with Crippen molar-refractivity contribution in [1.29, 1.82) is 0 Å². The zero-order valence-corrected chi connectivity index (χ0v) is 29.4. The van der Waals surface area contributed by atoms with Crippen molar-refractivity contribution in [2.24, 2.45) is 0 Å². The lowest BCUT2D eigenvalue weighted by atomic mass is 10.0. The molecule has 0 spiro atoms. The second-order valence-corrected chi connectivity index (χ2v) is 13.6. The van der Waals surface area contributed by atoms with Gasteiger partial charge in [-0.15, -0.1) is 0 Å². The summed E-state index contributed by atoms with van der Waals surface area (Å²) < 4.78 is 40.4. The molecule has 0 bridgehead atoms. The van der Waals surface area contributed by atoms with Crippen LogP contribution in [0.4, 0.5) is 5.69 Å². The molecule has 0 saturated heterocycles. The zero-order valence-electron chi connectivity index (χ0n) is 27.1. The fourth-order valence-corrected chi connectivity index (χ4v) is 7.08. The van der Waals surface area contributed by atoms with Gasteiger partial charge in [-0.2, -0.15) is 0 Å². The highest BCUT2D eigenvalue weighted by Gasteiger charge is 2.36. The highest BCUT2D eigenvalue weighted by molar-refractivity contribution is 7.92. The van der Waals surface area contributed by atoms with E-state index in [2.05, 4.69) is 5.32 Å². The smallest absolute Gasteiger partial charge is 0.264 e. The summed E-state index contributed by atoms with van der Waals surface area (Å²) in [5, 5.41) is 3.57. The average Bonchev–Trinajstić information content (AvgIpc) is 3.10. The largest absolute Gasteiger partial charge is 0.497 e. The van der Waals surface area contributed by atoms with Gasteiger partial charge >= 0.3 is 0 Å². The normalized spacial score (nSPS) is 11.8. The van der Waals surface area contributed by atoms with Crippen LogP contribution in [0.3, 0.4) is 0 Å². The second kappa shape index (κ2) is 17.2. The topological polar surface area (TPSA) is 105 Å². The predicted molar refractivity (Wildman–Crippen MR) is 189 cm³/mol. The summed E-state index contributed by atoms with van der Waals surface area (Å²) in [5.74, 6) is -0.332. The van der Waals surface area contributed by atoms with Crippen LogP contribution in [0.25, 0.3) is 0 Å². The van der Waals surface area contributed by atoms with Gasteiger partial charge in [0.15, 0.2) is 0 Å². The van der Waals surface area contributed by atoms with Gasteiger partial charge in [-0.3, -0.25) is 13.9 Å². The Kier molecular flexibility index (Phi) is 13.1. The molecule has 2 amide bonds. The Balaban J connectivity index is 1.85. The van der Waals surface area contributed by atoms with E-state index in [9.17, 15) is 18.0 Å². The summed E-state index contributed by atoms with van der Waals surface area (Å²) >= 11 is 13.2. The Morgan fingerprint density at radius 3 is 2.10 bits per heavy atom. The third-order valence-electron chi connectivity index (χ3n) is 7.77. The van der Waals surface area contributed by atoms with Crippen LogP contribution in [0.2, 0.25) is 10.0 Å². The first kappa shape index (κ1) is 36.6. The molecule has 1 unspecified atom stereocenters. The number of para-hydroxylation sites is 2. The number of rotatable bonds is 16. The van der Waals surface area contributed by atoms with E-state index in [4.69, 9.17) is 32.7 Å². The summed E-state index contributed by atoms with van der Waals surface area (Å²) in [6, 6.07) is 25.6. The first-order valence-electron chi connectivity index (χ1n) is 15.4. The van der Waals surface area contributed by atoms with Crippen LogP contribution in [-0.4, -0.2) is 58.5 Å². The van der Waals surface area contributed by atoms with Crippen molar-refractivity contribution in [3.8, 4) is 11.5 Å². The standard InChI is InChI=1S/C36H39Cl2N3O6S/c1-4-5-22-39-36(43)33(23-26-12-7-6-8-13-26)40(24-29-30(37)14-11-15-31(29)38)35(42)25-41(32-16-9-10-17-34(32)47-3)48(44,45)28-20-18-27(46-2)19-21-28/h6-21,33H,4-5,22-25H2,1-3H3,(H,39,43). The molecule has 9 nitrogen and oxygen atoms in total. The molecule has 48 heavy (non-hydrogen) atoms. The van der Waals surface area contributed by atoms with Crippen molar-refractivity contribution in [3.05, 3.63) is 118 Å². The van der Waals surface area contributed by atoms with Crippen LogP contribution in [0.1, 0.15) is 30.9 Å². The quantitative estimate of drug-likeness (QED) is 0.129. The number of methoxy groups -OCH3 is 2. The van der Waals surface area contributed by atoms with Gasteiger partial charge in [0.05, 0.1) is 24.8 Å². The molecular weight excluding hydrogens is 673 g/mol. The molecular formula is C36H39Cl2N3O6S. The number of nitrogens with zero attached hydrogens (tertiary/aromatic N) is 2. The number of carbonyl (C=O) groups is 2. The zero-order chi connectivity index (χ0) is 34.7. The maximum absolute atomic E-state index is 14.7. The van der Waals surface area contributed by atoms with Gasteiger partial charge in [0.2, 0.25) is 11.8 Å². The third-order valence-corrected chi connectivity index (χ3v) is 10.3. The first-order chi connectivity index (χ1) is 23.1. The molecule has 0 aromatic heterocycles. The van der Waals surface area contributed by atoms with Gasteiger partial charge in [0.1, 0.15) is 24.1 Å². The highest BCUT2D eigenvalue weighted by Crippen LogP contribution is 2.34. The molecule has 0 aliphatic rings. The molecule has 12 heteroatoms. The lowest BCUT2D eigenvalue weighted by Gasteiger charge is -2.34. The lowest BCUT2D eigenvalue weighted by Crippen LogP contribution is -2.53. The monoisotopic (exact) mass is 711 g/mol. The van der Waals surface area contributed by atoms with Crippen molar-refractivity contribution >= 4 is 50.7 Å². The minimum absolute atomic E-state index is 0.0687. The SMILES string of the molecule is CCCCNC(=O)C(Cc1ccccc1)N(Cc1c(Cl)cccc1Cl)C(=O)CN(c1ccccc1OC)S(=O)(=O)c1ccc(OC)cc1. The highest BCUT2D eigenvalue weighted by atomic mass is 35.5. The van der Waals surface area contributed by atoms with E-state index in [-0.39, 0.29) is 35.2 Å². The van der Waals surface area contributed by atoms with Crippen LogP contribution in [0.5, 0.6) is 11.5 Å². The number of nitrogens with one attached hydrogen (secondary N) is 1. The van der Waals surface area contributed by atoms with E-state index in [1.165, 1.54) is 43.4 Å². The maximum Gasteiger partial charge on any atom is 0.264 e. The number of benzene rings is 4. The van der Waals surface area contributed by atoms with E-state index < -0.39 is 28.5 Å². The lowest BCUT2D eigenvalue weighted by molar-refractivity contribution is -0.140. The number of unbranched alkanes of at least 4 members (excludes halogenated alkanes) is 1. The predicted octanol–water partition coefficient (Wildman–Crippen LogP) is 6.76. The minimum atomic E-state index is -4.35. The fraction of sp³-hybridized carbons (Fsp3) is 0.278. The van der Waals surface area contributed by atoms with Crippen LogP contribution >= 0.6 is 23.2 Å². The summed E-state index contributed by atoms with van der Waals surface area (Å²) in [6.45, 7) is 1.61. The second-order valence-electron chi connectivity index (χ2n) is 10.9. The molecule has 0 fully saturated rings. The van der Waals surface area contributed by atoms with E-state index in [0.717, 1.165) is 22.7 Å². The van der Waals surface area contributed by atoms with Gasteiger partial charge in [0.25, 0.3) is 10.0 Å². The van der Waals surface area contributed by atoms with Crippen molar-refractivity contribution in [3.63, 3.8) is 0 Å². The molecule has 4 aromatic rings. The number of carbonyl (C=O) groups excluding carboxylic acids is 2. The Labute approximate surface area is 292 Å². The van der Waals surface area contributed by atoms with E-state index >= 15 is 0 Å². The van der Waals surface area contributed by atoms with Crippen molar-refractivity contribution in [2.75, 3.05) is 31.6 Å². The Morgan fingerprint density at radius 2 is 1.48 bits per heavy atom. The average molecular weight is 713 g/mol. The van der Waals surface area contributed by atoms with E-state index in [1.807, 2.05) is 37.3 Å². The van der Waals surface area contributed by atoms with E-state index in [0.29, 0.717) is 27.9 Å². The van der Waals surface area contributed by atoms with Crippen molar-refractivity contribution < 1.29 is 27.5 Å². The number of anilines is 1. The Bertz CT molecular complexity index is 1770. The third kappa shape index (κ3) is 9.00. The van der Waals surface area contributed by atoms with Gasteiger partial charge in [-0.25, -0.2) is 8.42 Å².